The number of primary amides is 1. The standard InChI is InChI=1S/C12H15ClN4O/c1-8(7-10(14)18)17-11(4-5-13)16-9-3-2-6-15-12(9)17/h2-3,6,8H,4-5,7H2,1H3,(H2,14,18). The van der Waals surface area contributed by atoms with Crippen molar-refractivity contribution in [3.63, 3.8) is 0 Å². The van der Waals surface area contributed by atoms with E-state index >= 15 is 0 Å². The normalized spacial score (nSPS) is 12.8. The van der Waals surface area contributed by atoms with E-state index in [1.54, 1.807) is 6.20 Å². The lowest BCUT2D eigenvalue weighted by Gasteiger charge is -2.15. The van der Waals surface area contributed by atoms with Crippen molar-refractivity contribution in [3.8, 4) is 0 Å². The molecule has 0 saturated carbocycles. The SMILES string of the molecule is CC(CC(N)=O)n1c(CCCl)nc2cccnc21. The van der Waals surface area contributed by atoms with Gasteiger partial charge in [-0.1, -0.05) is 0 Å². The van der Waals surface area contributed by atoms with E-state index in [4.69, 9.17) is 17.3 Å². The van der Waals surface area contributed by atoms with Gasteiger partial charge in [-0.25, -0.2) is 9.97 Å². The lowest BCUT2D eigenvalue weighted by molar-refractivity contribution is -0.118. The highest BCUT2D eigenvalue weighted by atomic mass is 35.5. The number of pyridine rings is 1. The Morgan fingerprint density at radius 1 is 1.61 bits per heavy atom. The van der Waals surface area contributed by atoms with Crippen molar-refractivity contribution < 1.29 is 4.79 Å². The first-order chi connectivity index (χ1) is 8.63. The molecule has 18 heavy (non-hydrogen) atoms. The van der Waals surface area contributed by atoms with Crippen LogP contribution in [0, 0.1) is 0 Å². The second kappa shape index (κ2) is 5.35. The number of nitrogens with zero attached hydrogens (tertiary/aromatic N) is 3. The molecule has 96 valence electrons. The average molecular weight is 267 g/mol. The number of aryl methyl sites for hydroxylation is 1. The number of aromatic nitrogens is 3. The molecule has 2 aromatic rings. The van der Waals surface area contributed by atoms with E-state index in [1.165, 1.54) is 0 Å². The quantitative estimate of drug-likeness (QED) is 0.836. The van der Waals surface area contributed by atoms with Crippen molar-refractivity contribution >= 4 is 28.7 Å². The van der Waals surface area contributed by atoms with Crippen LogP contribution in [0.15, 0.2) is 18.3 Å². The second-order valence-corrected chi connectivity index (χ2v) is 4.58. The third kappa shape index (κ3) is 2.46. The minimum Gasteiger partial charge on any atom is -0.370 e. The van der Waals surface area contributed by atoms with Gasteiger partial charge in [0.05, 0.1) is 0 Å². The van der Waals surface area contributed by atoms with Crippen LogP contribution >= 0.6 is 11.6 Å². The summed E-state index contributed by atoms with van der Waals surface area (Å²) < 4.78 is 1.95. The Kier molecular flexibility index (Phi) is 3.81. The van der Waals surface area contributed by atoms with E-state index in [0.29, 0.717) is 12.3 Å². The van der Waals surface area contributed by atoms with Gasteiger partial charge in [0, 0.05) is 31.0 Å². The predicted octanol–water partition coefficient (Wildman–Crippen LogP) is 1.65. The van der Waals surface area contributed by atoms with E-state index < -0.39 is 0 Å². The van der Waals surface area contributed by atoms with Crippen LogP contribution in [-0.4, -0.2) is 26.3 Å². The zero-order valence-corrected chi connectivity index (χ0v) is 10.9. The number of alkyl halides is 1. The number of hydrogen-bond donors (Lipinski definition) is 1. The van der Waals surface area contributed by atoms with Gasteiger partial charge < -0.3 is 10.3 Å². The van der Waals surface area contributed by atoms with Crippen LogP contribution in [0.1, 0.15) is 25.2 Å². The Balaban J connectivity index is 2.50. The van der Waals surface area contributed by atoms with Crippen molar-refractivity contribution in [2.45, 2.75) is 25.8 Å². The third-order valence-electron chi connectivity index (χ3n) is 2.78. The van der Waals surface area contributed by atoms with Gasteiger partial charge in [0.1, 0.15) is 11.3 Å². The van der Waals surface area contributed by atoms with Crippen LogP contribution in [0.5, 0.6) is 0 Å². The van der Waals surface area contributed by atoms with Crippen molar-refractivity contribution in [1.29, 1.82) is 0 Å². The highest BCUT2D eigenvalue weighted by molar-refractivity contribution is 6.17. The molecule has 0 aliphatic carbocycles. The molecule has 6 heteroatoms. The first kappa shape index (κ1) is 12.8. The molecule has 0 spiro atoms. The van der Waals surface area contributed by atoms with Crippen LogP contribution in [0.4, 0.5) is 0 Å². The van der Waals surface area contributed by atoms with E-state index in [0.717, 1.165) is 17.0 Å². The van der Waals surface area contributed by atoms with Gasteiger partial charge in [-0.05, 0) is 19.1 Å². The van der Waals surface area contributed by atoms with Gasteiger partial charge in [0.15, 0.2) is 5.65 Å². The monoisotopic (exact) mass is 266 g/mol. The molecule has 2 aromatic heterocycles. The van der Waals surface area contributed by atoms with E-state index in [1.807, 2.05) is 23.6 Å². The Labute approximate surface area is 110 Å². The van der Waals surface area contributed by atoms with Gasteiger partial charge in [-0.2, -0.15) is 0 Å². The fourth-order valence-corrected chi connectivity index (χ4v) is 2.25. The van der Waals surface area contributed by atoms with Crippen molar-refractivity contribution in [1.82, 2.24) is 14.5 Å². The number of imidazole rings is 1. The third-order valence-corrected chi connectivity index (χ3v) is 2.97. The number of nitrogens with two attached hydrogens (primary N) is 1. The lowest BCUT2D eigenvalue weighted by Crippen LogP contribution is -2.19. The van der Waals surface area contributed by atoms with Gasteiger partial charge in [-0.3, -0.25) is 4.79 Å². The Hall–Kier alpha value is -1.62. The summed E-state index contributed by atoms with van der Waals surface area (Å²) in [6.45, 7) is 1.93. The minimum atomic E-state index is -0.336. The summed E-state index contributed by atoms with van der Waals surface area (Å²) >= 11 is 5.78. The molecule has 0 saturated heterocycles. The highest BCUT2D eigenvalue weighted by Gasteiger charge is 2.17. The predicted molar refractivity (Wildman–Crippen MR) is 70.5 cm³/mol. The Morgan fingerprint density at radius 3 is 3.06 bits per heavy atom. The van der Waals surface area contributed by atoms with Crippen molar-refractivity contribution in [2.75, 3.05) is 5.88 Å². The number of carbonyl (C=O) groups is 1. The number of fused-ring (bicyclic) bond motifs is 1. The Morgan fingerprint density at radius 2 is 2.39 bits per heavy atom. The van der Waals surface area contributed by atoms with Crippen LogP contribution in [0.2, 0.25) is 0 Å². The number of hydrogen-bond acceptors (Lipinski definition) is 3. The van der Waals surface area contributed by atoms with Crippen LogP contribution < -0.4 is 5.73 Å². The van der Waals surface area contributed by atoms with Crippen LogP contribution in [-0.2, 0) is 11.2 Å². The zero-order valence-electron chi connectivity index (χ0n) is 10.1. The molecular formula is C12H15ClN4O. The maximum atomic E-state index is 11.1. The molecule has 0 aromatic carbocycles. The van der Waals surface area contributed by atoms with Gasteiger partial charge in [0.2, 0.25) is 5.91 Å². The topological polar surface area (TPSA) is 73.8 Å². The molecule has 1 atom stereocenters. The smallest absolute Gasteiger partial charge is 0.219 e. The summed E-state index contributed by atoms with van der Waals surface area (Å²) in [6, 6.07) is 3.66. The highest BCUT2D eigenvalue weighted by Crippen LogP contribution is 2.21. The fourth-order valence-electron chi connectivity index (χ4n) is 2.08. The molecule has 1 amide bonds. The van der Waals surface area contributed by atoms with E-state index in [2.05, 4.69) is 9.97 Å². The van der Waals surface area contributed by atoms with Gasteiger partial charge >= 0.3 is 0 Å². The summed E-state index contributed by atoms with van der Waals surface area (Å²) in [7, 11) is 0. The summed E-state index contributed by atoms with van der Waals surface area (Å²) in [4.78, 5) is 19.9. The van der Waals surface area contributed by atoms with Gasteiger partial charge in [-0.15, -0.1) is 11.6 Å². The number of rotatable bonds is 5. The van der Waals surface area contributed by atoms with Crippen molar-refractivity contribution in [2.24, 2.45) is 5.73 Å². The summed E-state index contributed by atoms with van der Waals surface area (Å²) in [5.41, 5.74) is 6.83. The minimum absolute atomic E-state index is 0.0689. The molecule has 0 radical (unpaired) electrons. The summed E-state index contributed by atoms with van der Waals surface area (Å²) in [6.07, 6.45) is 2.61. The molecule has 0 aliphatic heterocycles. The molecule has 1 unspecified atom stereocenters. The van der Waals surface area contributed by atoms with Crippen LogP contribution in [0.3, 0.4) is 0 Å². The number of halogens is 1. The lowest BCUT2D eigenvalue weighted by atomic mass is 10.2. The molecule has 5 nitrogen and oxygen atoms in total. The van der Waals surface area contributed by atoms with Gasteiger partial charge in [0.25, 0.3) is 0 Å². The largest absolute Gasteiger partial charge is 0.370 e. The first-order valence-corrected chi connectivity index (χ1v) is 6.33. The molecule has 0 aliphatic rings. The maximum absolute atomic E-state index is 11.1. The van der Waals surface area contributed by atoms with E-state index in [-0.39, 0.29) is 18.4 Å². The van der Waals surface area contributed by atoms with Crippen molar-refractivity contribution in [3.05, 3.63) is 24.2 Å². The maximum Gasteiger partial charge on any atom is 0.219 e. The molecular weight excluding hydrogens is 252 g/mol. The Bertz CT molecular complexity index is 566. The second-order valence-electron chi connectivity index (χ2n) is 4.20. The molecule has 2 heterocycles. The number of carbonyl (C=O) groups excluding carboxylic acids is 1. The average Bonchev–Trinajstić information content (AvgIpc) is 2.66. The van der Waals surface area contributed by atoms with Crippen LogP contribution in [0.25, 0.3) is 11.2 Å². The molecule has 0 fully saturated rings. The van der Waals surface area contributed by atoms with E-state index in [9.17, 15) is 4.79 Å². The molecule has 0 bridgehead atoms. The summed E-state index contributed by atoms with van der Waals surface area (Å²) in [5, 5.41) is 0. The number of amides is 1. The molecule has 2 N–H and O–H groups in total. The fraction of sp³-hybridized carbons (Fsp3) is 0.417. The first-order valence-electron chi connectivity index (χ1n) is 5.79. The summed E-state index contributed by atoms with van der Waals surface area (Å²) in [5.74, 6) is 0.983. The zero-order chi connectivity index (χ0) is 13.1. The molecule has 2 rings (SSSR count).